The SMILES string of the molecule is NCC(CC(N)=O)N1CCCC2CCCCC21. The van der Waals surface area contributed by atoms with Gasteiger partial charge in [-0.1, -0.05) is 12.8 Å². The predicted octanol–water partition coefficient (Wildman–Crippen LogP) is 0.844. The van der Waals surface area contributed by atoms with Crippen molar-refractivity contribution in [3.8, 4) is 0 Å². The van der Waals surface area contributed by atoms with Gasteiger partial charge in [0, 0.05) is 25.0 Å². The number of rotatable bonds is 4. The third kappa shape index (κ3) is 2.99. The fourth-order valence-electron chi connectivity index (χ4n) is 3.68. The average molecular weight is 239 g/mol. The van der Waals surface area contributed by atoms with Crippen LogP contribution in [-0.2, 0) is 4.79 Å². The Balaban J connectivity index is 2.03. The van der Waals surface area contributed by atoms with Gasteiger partial charge in [0.25, 0.3) is 0 Å². The second-order valence-corrected chi connectivity index (χ2v) is 5.55. The van der Waals surface area contributed by atoms with E-state index in [9.17, 15) is 4.79 Å². The highest BCUT2D eigenvalue weighted by Crippen LogP contribution is 2.36. The number of nitrogens with zero attached hydrogens (tertiary/aromatic N) is 1. The van der Waals surface area contributed by atoms with E-state index in [4.69, 9.17) is 11.5 Å². The maximum Gasteiger partial charge on any atom is 0.219 e. The molecule has 0 aromatic heterocycles. The summed E-state index contributed by atoms with van der Waals surface area (Å²) >= 11 is 0. The van der Waals surface area contributed by atoms with Crippen LogP contribution >= 0.6 is 0 Å². The summed E-state index contributed by atoms with van der Waals surface area (Å²) in [7, 11) is 0. The van der Waals surface area contributed by atoms with Crippen LogP contribution in [-0.4, -0.2) is 36.0 Å². The highest BCUT2D eigenvalue weighted by molar-refractivity contribution is 5.74. The topological polar surface area (TPSA) is 72.3 Å². The highest BCUT2D eigenvalue weighted by atomic mass is 16.1. The fraction of sp³-hybridized carbons (Fsp3) is 0.923. The van der Waals surface area contributed by atoms with E-state index < -0.39 is 0 Å². The summed E-state index contributed by atoms with van der Waals surface area (Å²) in [6, 6.07) is 0.823. The minimum absolute atomic E-state index is 0.165. The molecule has 0 bridgehead atoms. The molecule has 1 heterocycles. The van der Waals surface area contributed by atoms with Crippen LogP contribution in [0.3, 0.4) is 0 Å². The normalized spacial score (nSPS) is 31.8. The Labute approximate surface area is 104 Å². The Morgan fingerprint density at radius 1 is 1.24 bits per heavy atom. The molecule has 1 aliphatic heterocycles. The zero-order valence-corrected chi connectivity index (χ0v) is 10.6. The van der Waals surface area contributed by atoms with Gasteiger partial charge in [-0.15, -0.1) is 0 Å². The van der Waals surface area contributed by atoms with Crippen molar-refractivity contribution in [2.24, 2.45) is 17.4 Å². The van der Waals surface area contributed by atoms with Gasteiger partial charge in [0.2, 0.25) is 5.91 Å². The monoisotopic (exact) mass is 239 g/mol. The minimum atomic E-state index is -0.224. The lowest BCUT2D eigenvalue weighted by atomic mass is 9.77. The molecule has 3 unspecified atom stereocenters. The van der Waals surface area contributed by atoms with E-state index in [-0.39, 0.29) is 11.9 Å². The van der Waals surface area contributed by atoms with Gasteiger partial charge in [-0.05, 0) is 38.1 Å². The zero-order valence-electron chi connectivity index (χ0n) is 10.6. The van der Waals surface area contributed by atoms with E-state index in [0.717, 1.165) is 12.5 Å². The summed E-state index contributed by atoms with van der Waals surface area (Å²) in [5.41, 5.74) is 11.1. The molecule has 4 N–H and O–H groups in total. The van der Waals surface area contributed by atoms with Crippen molar-refractivity contribution >= 4 is 5.91 Å². The van der Waals surface area contributed by atoms with Crippen LogP contribution in [0.1, 0.15) is 44.9 Å². The number of carbonyl (C=O) groups is 1. The lowest BCUT2D eigenvalue weighted by molar-refractivity contribution is -0.119. The third-order valence-electron chi connectivity index (χ3n) is 4.46. The molecule has 1 aliphatic carbocycles. The minimum Gasteiger partial charge on any atom is -0.370 e. The number of carbonyl (C=O) groups excluding carboxylic acids is 1. The molecule has 1 amide bonds. The summed E-state index contributed by atoms with van der Waals surface area (Å²) < 4.78 is 0. The summed E-state index contributed by atoms with van der Waals surface area (Å²) in [5.74, 6) is 0.609. The highest BCUT2D eigenvalue weighted by Gasteiger charge is 2.36. The van der Waals surface area contributed by atoms with E-state index in [2.05, 4.69) is 4.90 Å². The quantitative estimate of drug-likeness (QED) is 0.763. The largest absolute Gasteiger partial charge is 0.370 e. The summed E-state index contributed by atoms with van der Waals surface area (Å²) in [5, 5.41) is 0. The maximum absolute atomic E-state index is 11.1. The van der Waals surface area contributed by atoms with Gasteiger partial charge in [0.05, 0.1) is 0 Å². The summed E-state index contributed by atoms with van der Waals surface area (Å²) in [6.07, 6.45) is 8.35. The van der Waals surface area contributed by atoms with Gasteiger partial charge in [-0.2, -0.15) is 0 Å². The molecule has 0 aromatic carbocycles. The average Bonchev–Trinajstić information content (AvgIpc) is 2.35. The predicted molar refractivity (Wildman–Crippen MR) is 68.3 cm³/mol. The molecule has 3 atom stereocenters. The molecule has 4 heteroatoms. The number of amides is 1. The van der Waals surface area contributed by atoms with Crippen molar-refractivity contribution in [1.82, 2.24) is 4.90 Å². The van der Waals surface area contributed by atoms with Gasteiger partial charge in [0.1, 0.15) is 0 Å². The molecule has 4 nitrogen and oxygen atoms in total. The van der Waals surface area contributed by atoms with Gasteiger partial charge in [-0.25, -0.2) is 0 Å². The number of hydrogen-bond donors (Lipinski definition) is 2. The van der Waals surface area contributed by atoms with Crippen molar-refractivity contribution in [3.63, 3.8) is 0 Å². The zero-order chi connectivity index (χ0) is 12.3. The molecular formula is C13H25N3O. The van der Waals surface area contributed by atoms with Crippen molar-refractivity contribution in [3.05, 3.63) is 0 Å². The van der Waals surface area contributed by atoms with Gasteiger partial charge < -0.3 is 11.5 Å². The van der Waals surface area contributed by atoms with Crippen molar-refractivity contribution in [2.45, 2.75) is 57.0 Å². The molecule has 17 heavy (non-hydrogen) atoms. The smallest absolute Gasteiger partial charge is 0.219 e. The molecule has 1 saturated carbocycles. The number of hydrogen-bond acceptors (Lipinski definition) is 3. The number of piperidine rings is 1. The van der Waals surface area contributed by atoms with Crippen molar-refractivity contribution < 1.29 is 4.79 Å². The molecule has 2 aliphatic rings. The van der Waals surface area contributed by atoms with E-state index in [1.54, 1.807) is 0 Å². The molecule has 2 rings (SSSR count). The second kappa shape index (κ2) is 5.83. The first-order valence-corrected chi connectivity index (χ1v) is 6.96. The van der Waals surface area contributed by atoms with E-state index in [1.165, 1.54) is 38.5 Å². The van der Waals surface area contributed by atoms with Crippen LogP contribution in [0.15, 0.2) is 0 Å². The van der Waals surface area contributed by atoms with Crippen molar-refractivity contribution in [1.29, 1.82) is 0 Å². The van der Waals surface area contributed by atoms with Crippen molar-refractivity contribution in [2.75, 3.05) is 13.1 Å². The molecule has 0 spiro atoms. The lowest BCUT2D eigenvalue weighted by Crippen LogP contribution is -2.54. The van der Waals surface area contributed by atoms with E-state index >= 15 is 0 Å². The molecule has 2 fully saturated rings. The van der Waals surface area contributed by atoms with Gasteiger partial charge in [-0.3, -0.25) is 9.69 Å². The molecule has 98 valence electrons. The van der Waals surface area contributed by atoms with Crippen LogP contribution in [0.5, 0.6) is 0 Å². The van der Waals surface area contributed by atoms with Crippen LogP contribution < -0.4 is 11.5 Å². The Hall–Kier alpha value is -0.610. The first-order valence-electron chi connectivity index (χ1n) is 6.96. The Morgan fingerprint density at radius 3 is 2.65 bits per heavy atom. The summed E-state index contributed by atoms with van der Waals surface area (Å²) in [4.78, 5) is 13.6. The second-order valence-electron chi connectivity index (χ2n) is 5.55. The molecular weight excluding hydrogens is 214 g/mol. The Kier molecular flexibility index (Phi) is 4.40. The number of fused-ring (bicyclic) bond motifs is 1. The number of primary amides is 1. The number of likely N-dealkylation sites (tertiary alicyclic amines) is 1. The van der Waals surface area contributed by atoms with E-state index in [0.29, 0.717) is 19.0 Å². The number of nitrogens with two attached hydrogens (primary N) is 2. The Bertz CT molecular complexity index is 267. The Morgan fingerprint density at radius 2 is 1.94 bits per heavy atom. The standard InChI is InChI=1S/C13H25N3O/c14-9-11(8-13(15)17)16-7-3-5-10-4-1-2-6-12(10)16/h10-12H,1-9,14H2,(H2,15,17). The lowest BCUT2D eigenvalue weighted by Gasteiger charge is -2.47. The first kappa shape index (κ1) is 12.8. The van der Waals surface area contributed by atoms with Crippen LogP contribution in [0, 0.1) is 5.92 Å². The first-order chi connectivity index (χ1) is 8.22. The molecule has 0 radical (unpaired) electrons. The maximum atomic E-state index is 11.1. The van der Waals surface area contributed by atoms with Crippen LogP contribution in [0.2, 0.25) is 0 Å². The molecule has 0 aromatic rings. The van der Waals surface area contributed by atoms with Crippen LogP contribution in [0.4, 0.5) is 0 Å². The van der Waals surface area contributed by atoms with Gasteiger partial charge >= 0.3 is 0 Å². The van der Waals surface area contributed by atoms with Gasteiger partial charge in [0.15, 0.2) is 0 Å². The third-order valence-corrected chi connectivity index (χ3v) is 4.46. The van der Waals surface area contributed by atoms with E-state index in [1.807, 2.05) is 0 Å². The summed E-state index contributed by atoms with van der Waals surface area (Å²) in [6.45, 7) is 1.64. The van der Waals surface area contributed by atoms with Crippen LogP contribution in [0.25, 0.3) is 0 Å². The fourth-order valence-corrected chi connectivity index (χ4v) is 3.68. The molecule has 1 saturated heterocycles.